The first kappa shape index (κ1) is 29.8. The number of allylic oxidation sites excluding steroid dienone is 1. The van der Waals surface area contributed by atoms with E-state index in [-0.39, 0.29) is 11.7 Å². The largest absolute Gasteiger partial charge is 0.497 e. The molecular formula is C34H34N2O6S. The second kappa shape index (κ2) is 13.1. The summed E-state index contributed by atoms with van der Waals surface area (Å²) in [5.74, 6) is 1.73. The molecule has 4 aromatic rings. The lowest BCUT2D eigenvalue weighted by Gasteiger charge is -2.25. The summed E-state index contributed by atoms with van der Waals surface area (Å²) in [6, 6.07) is 22.0. The molecule has 2 heterocycles. The molecule has 0 radical (unpaired) electrons. The number of carbonyl (C=O) groups is 1. The van der Waals surface area contributed by atoms with E-state index in [4.69, 9.17) is 18.9 Å². The molecule has 0 fully saturated rings. The lowest BCUT2D eigenvalue weighted by atomic mass is 9.96. The van der Waals surface area contributed by atoms with E-state index in [1.807, 2.05) is 85.8 Å². The minimum absolute atomic E-state index is 0.232. The van der Waals surface area contributed by atoms with Crippen LogP contribution in [0.2, 0.25) is 0 Å². The number of nitrogens with zero attached hydrogens (tertiary/aromatic N) is 2. The van der Waals surface area contributed by atoms with Gasteiger partial charge in [-0.1, -0.05) is 47.7 Å². The summed E-state index contributed by atoms with van der Waals surface area (Å²) in [6.07, 6.45) is 1.51. The highest BCUT2D eigenvalue weighted by molar-refractivity contribution is 7.07. The number of methoxy groups -OCH3 is 1. The van der Waals surface area contributed by atoms with Crippen molar-refractivity contribution in [3.8, 4) is 17.2 Å². The predicted molar refractivity (Wildman–Crippen MR) is 166 cm³/mol. The van der Waals surface area contributed by atoms with Crippen LogP contribution in [0.4, 0.5) is 0 Å². The van der Waals surface area contributed by atoms with Gasteiger partial charge in [-0.3, -0.25) is 9.36 Å². The van der Waals surface area contributed by atoms with Crippen LogP contribution in [0.3, 0.4) is 0 Å². The highest BCUT2D eigenvalue weighted by atomic mass is 32.1. The van der Waals surface area contributed by atoms with Crippen molar-refractivity contribution in [1.82, 2.24) is 4.57 Å². The van der Waals surface area contributed by atoms with Crippen LogP contribution >= 0.6 is 11.3 Å². The van der Waals surface area contributed by atoms with Gasteiger partial charge in [-0.15, -0.1) is 0 Å². The van der Waals surface area contributed by atoms with Gasteiger partial charge in [-0.2, -0.15) is 0 Å². The van der Waals surface area contributed by atoms with E-state index in [1.165, 1.54) is 11.3 Å². The van der Waals surface area contributed by atoms with Crippen LogP contribution < -0.4 is 29.1 Å². The molecule has 1 atom stereocenters. The highest BCUT2D eigenvalue weighted by Crippen LogP contribution is 2.32. The van der Waals surface area contributed by atoms with Crippen molar-refractivity contribution in [2.45, 2.75) is 46.4 Å². The summed E-state index contributed by atoms with van der Waals surface area (Å²) >= 11 is 1.29. The van der Waals surface area contributed by atoms with Crippen molar-refractivity contribution in [3.05, 3.63) is 120 Å². The lowest BCUT2D eigenvalue weighted by molar-refractivity contribution is -0.143. The molecule has 1 aromatic heterocycles. The molecule has 9 heteroatoms. The molecule has 3 aromatic carbocycles. The molecule has 0 unspecified atom stereocenters. The first-order valence-corrected chi connectivity index (χ1v) is 14.9. The Labute approximate surface area is 254 Å². The van der Waals surface area contributed by atoms with E-state index in [0.717, 1.165) is 22.4 Å². The summed E-state index contributed by atoms with van der Waals surface area (Å²) < 4.78 is 24.4. The number of carbonyl (C=O) groups excluding carboxylic acids is 1. The lowest BCUT2D eigenvalue weighted by Crippen LogP contribution is -2.40. The van der Waals surface area contributed by atoms with Gasteiger partial charge >= 0.3 is 5.97 Å². The summed E-state index contributed by atoms with van der Waals surface area (Å²) in [5.41, 5.74) is 3.27. The number of benzene rings is 3. The maximum atomic E-state index is 13.9. The standard InChI is InChI=1S/C34H34N2O6S/c1-6-40-27-17-11-25(12-18-27)31-30(33(38)42-21(2)3)22(4)35-34-36(31)32(37)29(43-34)19-23-7-15-28(16-8-23)41-20-24-9-13-26(39-5)14-10-24/h7-19,21,31H,6,20H2,1-5H3/b29-19+/t31-/m0/s1. The normalized spacial score (nSPS) is 14.7. The second-order valence-electron chi connectivity index (χ2n) is 10.2. The number of aromatic nitrogens is 1. The fraction of sp³-hybridized carbons (Fsp3) is 0.265. The van der Waals surface area contributed by atoms with Gasteiger partial charge in [0, 0.05) is 0 Å². The molecule has 43 heavy (non-hydrogen) atoms. The molecule has 0 saturated carbocycles. The third-order valence-corrected chi connectivity index (χ3v) is 7.82. The van der Waals surface area contributed by atoms with Gasteiger partial charge < -0.3 is 18.9 Å². The van der Waals surface area contributed by atoms with Crippen LogP contribution in [0.1, 0.15) is 50.4 Å². The average Bonchev–Trinajstić information content (AvgIpc) is 3.30. The monoisotopic (exact) mass is 598 g/mol. The molecule has 0 saturated heterocycles. The molecule has 1 aliphatic rings. The fourth-order valence-electron chi connectivity index (χ4n) is 4.79. The molecule has 8 nitrogen and oxygen atoms in total. The first-order valence-electron chi connectivity index (χ1n) is 14.1. The van der Waals surface area contributed by atoms with Gasteiger partial charge in [0.1, 0.15) is 23.9 Å². The summed E-state index contributed by atoms with van der Waals surface area (Å²) in [6.45, 7) is 8.25. The van der Waals surface area contributed by atoms with Gasteiger partial charge in [-0.05, 0) is 86.9 Å². The van der Waals surface area contributed by atoms with Crippen molar-refractivity contribution in [3.63, 3.8) is 0 Å². The van der Waals surface area contributed by atoms with E-state index in [1.54, 1.807) is 32.4 Å². The summed E-state index contributed by atoms with van der Waals surface area (Å²) in [5, 5.41) is 0. The molecule has 1 aliphatic heterocycles. The SMILES string of the molecule is CCOc1ccc([C@H]2C(C(=O)OC(C)C)=C(C)N=c3s/c(=C/c4ccc(OCc5ccc(OC)cc5)cc4)c(=O)n32)cc1. The fourth-order valence-corrected chi connectivity index (χ4v) is 5.84. The first-order chi connectivity index (χ1) is 20.8. The average molecular weight is 599 g/mol. The quantitative estimate of drug-likeness (QED) is 0.234. The van der Waals surface area contributed by atoms with Crippen molar-refractivity contribution in [2.24, 2.45) is 4.99 Å². The van der Waals surface area contributed by atoms with Gasteiger partial charge in [0.25, 0.3) is 5.56 Å². The number of rotatable bonds is 10. The zero-order valence-corrected chi connectivity index (χ0v) is 25.6. The minimum Gasteiger partial charge on any atom is -0.497 e. The number of thiazole rings is 1. The third kappa shape index (κ3) is 6.73. The molecule has 0 bridgehead atoms. The topological polar surface area (TPSA) is 88.4 Å². The van der Waals surface area contributed by atoms with Gasteiger partial charge in [0.15, 0.2) is 4.80 Å². The van der Waals surface area contributed by atoms with Crippen LogP contribution in [0.5, 0.6) is 17.2 Å². The van der Waals surface area contributed by atoms with E-state index in [2.05, 4.69) is 4.99 Å². The van der Waals surface area contributed by atoms with Gasteiger partial charge in [0.2, 0.25) is 0 Å². The molecule has 222 valence electrons. The number of esters is 1. The molecule has 0 spiro atoms. The zero-order chi connectivity index (χ0) is 30.5. The Hall–Kier alpha value is -4.63. The minimum atomic E-state index is -0.686. The van der Waals surface area contributed by atoms with Crippen LogP contribution in [0.25, 0.3) is 6.08 Å². The van der Waals surface area contributed by atoms with Crippen molar-refractivity contribution >= 4 is 23.4 Å². The Kier molecular flexibility index (Phi) is 9.11. The smallest absolute Gasteiger partial charge is 0.338 e. The van der Waals surface area contributed by atoms with Gasteiger partial charge in [0.05, 0.1) is 41.7 Å². The summed E-state index contributed by atoms with van der Waals surface area (Å²) in [4.78, 5) is 32.4. The third-order valence-electron chi connectivity index (χ3n) is 6.83. The predicted octanol–water partition coefficient (Wildman–Crippen LogP) is 5.17. The van der Waals surface area contributed by atoms with E-state index in [9.17, 15) is 9.59 Å². The Morgan fingerprint density at radius 2 is 1.58 bits per heavy atom. The number of hydrogen-bond donors (Lipinski definition) is 0. The molecule has 0 aliphatic carbocycles. The van der Waals surface area contributed by atoms with Crippen molar-refractivity contribution < 1.29 is 23.7 Å². The molecule has 0 amide bonds. The van der Waals surface area contributed by atoms with Crippen LogP contribution in [0, 0.1) is 0 Å². The molecule has 5 rings (SSSR count). The van der Waals surface area contributed by atoms with Crippen LogP contribution in [-0.2, 0) is 16.1 Å². The number of hydrogen-bond acceptors (Lipinski definition) is 8. The van der Waals surface area contributed by atoms with Gasteiger partial charge in [-0.25, -0.2) is 9.79 Å². The molecule has 0 N–H and O–H groups in total. The Morgan fingerprint density at radius 1 is 0.953 bits per heavy atom. The Morgan fingerprint density at radius 3 is 2.21 bits per heavy atom. The van der Waals surface area contributed by atoms with Crippen LogP contribution in [-0.4, -0.2) is 30.4 Å². The second-order valence-corrected chi connectivity index (χ2v) is 11.3. The zero-order valence-electron chi connectivity index (χ0n) is 24.8. The maximum Gasteiger partial charge on any atom is 0.338 e. The number of fused-ring (bicyclic) bond motifs is 1. The van der Waals surface area contributed by atoms with E-state index in [0.29, 0.717) is 45.3 Å². The van der Waals surface area contributed by atoms with E-state index >= 15 is 0 Å². The van der Waals surface area contributed by atoms with Crippen LogP contribution in [0.15, 0.2) is 93.9 Å². The van der Waals surface area contributed by atoms with E-state index < -0.39 is 12.0 Å². The Bertz CT molecular complexity index is 1800. The highest BCUT2D eigenvalue weighted by Gasteiger charge is 2.33. The van der Waals surface area contributed by atoms with Crippen molar-refractivity contribution in [2.75, 3.05) is 13.7 Å². The molecular weight excluding hydrogens is 564 g/mol. The summed E-state index contributed by atoms with van der Waals surface area (Å²) in [7, 11) is 1.64. The van der Waals surface area contributed by atoms with Crippen molar-refractivity contribution in [1.29, 1.82) is 0 Å². The Balaban J connectivity index is 1.46. The maximum absolute atomic E-state index is 13.9. The number of ether oxygens (including phenoxy) is 4.